The monoisotopic (exact) mass is 237 g/mol. The van der Waals surface area contributed by atoms with Crippen molar-refractivity contribution in [2.75, 3.05) is 11.9 Å². The molecule has 3 N–H and O–H groups in total. The molecule has 0 saturated carbocycles. The summed E-state index contributed by atoms with van der Waals surface area (Å²) >= 11 is 0. The first-order chi connectivity index (χ1) is 7.70. The zero-order chi connectivity index (χ0) is 13.2. The molecular weight excluding hydrogens is 218 g/mol. The second-order valence-corrected chi connectivity index (χ2v) is 5.05. The van der Waals surface area contributed by atoms with Crippen molar-refractivity contribution in [1.29, 1.82) is 0 Å². The van der Waals surface area contributed by atoms with Gasteiger partial charge in [-0.05, 0) is 44.9 Å². The minimum Gasteiger partial charge on any atom is -0.378 e. The fourth-order valence-corrected chi connectivity index (χ4v) is 1.42. The molecule has 5 heteroatoms. The van der Waals surface area contributed by atoms with Crippen LogP contribution in [-0.4, -0.2) is 17.0 Å². The zero-order valence-corrected chi connectivity index (χ0v) is 10.7. The second-order valence-electron chi connectivity index (χ2n) is 5.05. The first-order valence-electron chi connectivity index (χ1n) is 5.49. The molecule has 5 nitrogen and oxygen atoms in total. The maximum atomic E-state index is 10.9. The van der Waals surface area contributed by atoms with E-state index in [0.717, 1.165) is 11.1 Å². The molecule has 0 radical (unpaired) electrons. The second kappa shape index (κ2) is 4.71. The van der Waals surface area contributed by atoms with Gasteiger partial charge in [0.05, 0.1) is 4.92 Å². The van der Waals surface area contributed by atoms with Crippen molar-refractivity contribution in [2.45, 2.75) is 33.2 Å². The third kappa shape index (κ3) is 3.71. The molecule has 0 unspecified atom stereocenters. The molecule has 0 heterocycles. The molecule has 0 aliphatic carbocycles. The van der Waals surface area contributed by atoms with E-state index in [0.29, 0.717) is 12.2 Å². The van der Waals surface area contributed by atoms with Gasteiger partial charge in [0, 0.05) is 18.2 Å². The van der Waals surface area contributed by atoms with Crippen LogP contribution in [0.25, 0.3) is 0 Å². The molecule has 0 aliphatic heterocycles. The van der Waals surface area contributed by atoms with Crippen LogP contribution < -0.4 is 11.1 Å². The van der Waals surface area contributed by atoms with Gasteiger partial charge in [-0.15, -0.1) is 0 Å². The Labute approximate surface area is 101 Å². The van der Waals surface area contributed by atoms with Crippen LogP contribution in [0.5, 0.6) is 0 Å². The first kappa shape index (κ1) is 13.4. The Bertz CT molecular complexity index is 436. The minimum absolute atomic E-state index is 0.0948. The number of benzene rings is 1. The molecule has 0 bridgehead atoms. The van der Waals surface area contributed by atoms with E-state index in [-0.39, 0.29) is 10.6 Å². The van der Waals surface area contributed by atoms with Gasteiger partial charge >= 0.3 is 0 Å². The number of nitro benzene ring substituents is 1. The topological polar surface area (TPSA) is 81.2 Å². The lowest BCUT2D eigenvalue weighted by atomic mass is 10.1. The van der Waals surface area contributed by atoms with Crippen molar-refractivity contribution < 1.29 is 4.92 Å². The lowest BCUT2D eigenvalue weighted by molar-refractivity contribution is -0.384. The molecule has 0 aromatic heterocycles. The lowest BCUT2D eigenvalue weighted by Gasteiger charge is -2.20. The van der Waals surface area contributed by atoms with Crippen molar-refractivity contribution in [1.82, 2.24) is 0 Å². The molecule has 1 aromatic carbocycles. The van der Waals surface area contributed by atoms with Crippen molar-refractivity contribution >= 4 is 11.4 Å². The summed E-state index contributed by atoms with van der Waals surface area (Å²) in [6.45, 7) is 8.01. The van der Waals surface area contributed by atoms with Gasteiger partial charge in [-0.3, -0.25) is 10.1 Å². The molecule has 0 amide bonds. The zero-order valence-electron chi connectivity index (χ0n) is 10.7. The highest BCUT2D eigenvalue weighted by molar-refractivity contribution is 5.64. The van der Waals surface area contributed by atoms with Gasteiger partial charge in [0.25, 0.3) is 5.69 Å². The predicted octanol–water partition coefficient (Wildman–Crippen LogP) is 2.36. The molecule has 0 fully saturated rings. The molecule has 0 atom stereocenters. The van der Waals surface area contributed by atoms with Gasteiger partial charge in [0.15, 0.2) is 0 Å². The maximum absolute atomic E-state index is 10.9. The summed E-state index contributed by atoms with van der Waals surface area (Å²) < 4.78 is 0. The highest BCUT2D eigenvalue weighted by Gasteiger charge is 2.17. The van der Waals surface area contributed by atoms with E-state index >= 15 is 0 Å². The maximum Gasteiger partial charge on any atom is 0.292 e. The average Bonchev–Trinajstić information content (AvgIpc) is 2.17. The summed E-state index contributed by atoms with van der Waals surface area (Å²) in [6, 6.07) is 3.38. The lowest BCUT2D eigenvalue weighted by Crippen LogP contribution is -2.39. The SMILES string of the molecule is Cc1cc(NCC(C)(C)N)c([N+](=O)[O-])cc1C. The fraction of sp³-hybridized carbons (Fsp3) is 0.500. The third-order valence-electron chi connectivity index (χ3n) is 2.54. The number of nitrogens with zero attached hydrogens (tertiary/aromatic N) is 1. The van der Waals surface area contributed by atoms with Gasteiger partial charge in [-0.25, -0.2) is 0 Å². The Morgan fingerprint density at radius 2 is 1.88 bits per heavy atom. The number of hydrogen-bond acceptors (Lipinski definition) is 4. The molecular formula is C12H19N3O2. The van der Waals surface area contributed by atoms with E-state index in [1.165, 1.54) is 0 Å². The Morgan fingerprint density at radius 1 is 1.35 bits per heavy atom. The average molecular weight is 237 g/mol. The van der Waals surface area contributed by atoms with Gasteiger partial charge < -0.3 is 11.1 Å². The van der Waals surface area contributed by atoms with E-state index in [1.807, 2.05) is 27.7 Å². The summed E-state index contributed by atoms with van der Waals surface area (Å²) in [6.07, 6.45) is 0. The quantitative estimate of drug-likeness (QED) is 0.622. The van der Waals surface area contributed by atoms with Crippen molar-refractivity contribution in [3.8, 4) is 0 Å². The number of nitrogens with two attached hydrogens (primary N) is 1. The molecule has 0 saturated heterocycles. The van der Waals surface area contributed by atoms with Crippen LogP contribution in [0.1, 0.15) is 25.0 Å². The van der Waals surface area contributed by atoms with Gasteiger partial charge in [-0.1, -0.05) is 0 Å². The van der Waals surface area contributed by atoms with Crippen LogP contribution in [0, 0.1) is 24.0 Å². The first-order valence-corrected chi connectivity index (χ1v) is 5.49. The molecule has 0 aliphatic rings. The van der Waals surface area contributed by atoms with Crippen LogP contribution >= 0.6 is 0 Å². The van der Waals surface area contributed by atoms with Crippen molar-refractivity contribution in [3.63, 3.8) is 0 Å². The van der Waals surface area contributed by atoms with Crippen LogP contribution in [0.4, 0.5) is 11.4 Å². The minimum atomic E-state index is -0.410. The summed E-state index contributed by atoms with van der Waals surface area (Å²) in [5.41, 5.74) is 7.99. The summed E-state index contributed by atoms with van der Waals surface area (Å²) in [7, 11) is 0. The number of nitro groups is 1. The molecule has 0 spiro atoms. The van der Waals surface area contributed by atoms with E-state index < -0.39 is 5.54 Å². The van der Waals surface area contributed by atoms with Crippen LogP contribution in [0.15, 0.2) is 12.1 Å². The van der Waals surface area contributed by atoms with Crippen LogP contribution in [0.2, 0.25) is 0 Å². The summed E-state index contributed by atoms with van der Waals surface area (Å²) in [5.74, 6) is 0. The Balaban J connectivity index is 3.05. The molecule has 17 heavy (non-hydrogen) atoms. The smallest absolute Gasteiger partial charge is 0.292 e. The van der Waals surface area contributed by atoms with Crippen LogP contribution in [-0.2, 0) is 0 Å². The van der Waals surface area contributed by atoms with E-state index in [2.05, 4.69) is 5.32 Å². The predicted molar refractivity (Wildman–Crippen MR) is 69.3 cm³/mol. The summed E-state index contributed by atoms with van der Waals surface area (Å²) in [5, 5.41) is 14.0. The highest BCUT2D eigenvalue weighted by atomic mass is 16.6. The van der Waals surface area contributed by atoms with Crippen molar-refractivity contribution in [3.05, 3.63) is 33.4 Å². The number of hydrogen-bond donors (Lipinski definition) is 2. The van der Waals surface area contributed by atoms with E-state index in [4.69, 9.17) is 5.73 Å². The Kier molecular flexibility index (Phi) is 3.72. The number of aryl methyl sites for hydroxylation is 2. The highest BCUT2D eigenvalue weighted by Crippen LogP contribution is 2.28. The van der Waals surface area contributed by atoms with Crippen molar-refractivity contribution in [2.24, 2.45) is 5.73 Å². The molecule has 94 valence electrons. The number of anilines is 1. The number of rotatable bonds is 4. The van der Waals surface area contributed by atoms with Gasteiger partial charge in [0.1, 0.15) is 5.69 Å². The van der Waals surface area contributed by atoms with Gasteiger partial charge in [0.2, 0.25) is 0 Å². The molecule has 1 aromatic rings. The Morgan fingerprint density at radius 3 is 2.35 bits per heavy atom. The Hall–Kier alpha value is -1.62. The standard InChI is InChI=1S/C12H19N3O2/c1-8-5-10(14-7-12(3,4)13)11(15(16)17)6-9(8)2/h5-6,14H,7,13H2,1-4H3. The molecule has 1 rings (SSSR count). The van der Waals surface area contributed by atoms with Crippen LogP contribution in [0.3, 0.4) is 0 Å². The number of nitrogens with one attached hydrogen (secondary N) is 1. The van der Waals surface area contributed by atoms with E-state index in [9.17, 15) is 10.1 Å². The summed E-state index contributed by atoms with van der Waals surface area (Å²) in [4.78, 5) is 10.6. The van der Waals surface area contributed by atoms with Gasteiger partial charge in [-0.2, -0.15) is 0 Å². The third-order valence-corrected chi connectivity index (χ3v) is 2.54. The fourth-order valence-electron chi connectivity index (χ4n) is 1.42. The largest absolute Gasteiger partial charge is 0.378 e. The van der Waals surface area contributed by atoms with E-state index in [1.54, 1.807) is 12.1 Å². The normalized spacial score (nSPS) is 11.4.